The third kappa shape index (κ3) is 3.34. The molecule has 1 aromatic heterocycles. The van der Waals surface area contributed by atoms with Crippen LogP contribution < -0.4 is 0 Å². The van der Waals surface area contributed by atoms with Crippen LogP contribution in [0.3, 0.4) is 0 Å². The predicted molar refractivity (Wildman–Crippen MR) is 61.2 cm³/mol. The molecule has 1 aromatic rings. The molecule has 0 bridgehead atoms. The van der Waals surface area contributed by atoms with Gasteiger partial charge < -0.3 is 9.42 Å². The predicted octanol–water partition coefficient (Wildman–Crippen LogP) is 2.23. The van der Waals surface area contributed by atoms with Gasteiger partial charge in [-0.15, -0.1) is 0 Å². The van der Waals surface area contributed by atoms with Crippen LogP contribution >= 0.6 is 15.9 Å². The van der Waals surface area contributed by atoms with Crippen LogP contribution in [-0.4, -0.2) is 34.4 Å². The highest BCUT2D eigenvalue weighted by Crippen LogP contribution is 2.06. The van der Waals surface area contributed by atoms with E-state index < -0.39 is 0 Å². The maximum Gasteiger partial charge on any atom is 0.276 e. The van der Waals surface area contributed by atoms with E-state index in [4.69, 9.17) is 4.52 Å². The molecule has 4 nitrogen and oxygen atoms in total. The van der Waals surface area contributed by atoms with Gasteiger partial charge in [-0.3, -0.25) is 4.79 Å². The number of halogens is 1. The highest BCUT2D eigenvalue weighted by molar-refractivity contribution is 9.09. The molecular weight excluding hydrogens is 260 g/mol. The van der Waals surface area contributed by atoms with Gasteiger partial charge in [0.2, 0.25) is 0 Å². The molecule has 0 N–H and O–H groups in total. The molecule has 1 heterocycles. The van der Waals surface area contributed by atoms with Crippen molar-refractivity contribution >= 4 is 21.8 Å². The molecule has 0 aromatic carbocycles. The topological polar surface area (TPSA) is 46.3 Å². The van der Waals surface area contributed by atoms with Crippen LogP contribution in [0.1, 0.15) is 29.6 Å². The first-order valence-corrected chi connectivity index (χ1v) is 6.09. The van der Waals surface area contributed by atoms with Crippen LogP contribution in [0, 0.1) is 6.92 Å². The lowest BCUT2D eigenvalue weighted by Gasteiger charge is -2.18. The minimum Gasteiger partial charge on any atom is -0.361 e. The van der Waals surface area contributed by atoms with Crippen LogP contribution in [-0.2, 0) is 0 Å². The number of rotatable bonds is 5. The summed E-state index contributed by atoms with van der Waals surface area (Å²) in [6, 6.07) is 1.67. The molecule has 1 rings (SSSR count). The van der Waals surface area contributed by atoms with Gasteiger partial charge in [-0.2, -0.15) is 0 Å². The second-order valence-corrected chi connectivity index (χ2v) is 4.04. The van der Waals surface area contributed by atoms with E-state index in [0.29, 0.717) is 18.0 Å². The minimum atomic E-state index is -0.0599. The fraction of sp³-hybridized carbons (Fsp3) is 0.600. The Kier molecular flexibility index (Phi) is 4.81. The van der Waals surface area contributed by atoms with Gasteiger partial charge in [0, 0.05) is 24.5 Å². The standard InChI is InChI=1S/C10H15BrN2O2/c1-3-13(6-4-5-11)10(14)9-7-8(2)15-12-9/h7H,3-6H2,1-2H3. The van der Waals surface area contributed by atoms with Crippen molar-refractivity contribution in [2.45, 2.75) is 20.3 Å². The summed E-state index contributed by atoms with van der Waals surface area (Å²) >= 11 is 3.34. The lowest BCUT2D eigenvalue weighted by atomic mass is 10.3. The van der Waals surface area contributed by atoms with E-state index in [9.17, 15) is 4.79 Å². The Morgan fingerprint density at radius 2 is 2.40 bits per heavy atom. The van der Waals surface area contributed by atoms with Crippen LogP contribution in [0.4, 0.5) is 0 Å². The van der Waals surface area contributed by atoms with E-state index in [1.807, 2.05) is 6.92 Å². The summed E-state index contributed by atoms with van der Waals surface area (Å²) in [7, 11) is 0. The van der Waals surface area contributed by atoms with Crippen LogP contribution in [0.5, 0.6) is 0 Å². The largest absolute Gasteiger partial charge is 0.361 e. The average Bonchev–Trinajstić information content (AvgIpc) is 2.65. The molecule has 0 aliphatic heterocycles. The van der Waals surface area contributed by atoms with Crippen molar-refractivity contribution in [1.29, 1.82) is 0 Å². The number of aryl methyl sites for hydroxylation is 1. The number of alkyl halides is 1. The van der Waals surface area contributed by atoms with Crippen LogP contribution in [0.2, 0.25) is 0 Å². The number of aromatic nitrogens is 1. The summed E-state index contributed by atoms with van der Waals surface area (Å²) in [5.74, 6) is 0.602. The number of hydrogen-bond acceptors (Lipinski definition) is 3. The van der Waals surface area contributed by atoms with Crippen molar-refractivity contribution in [2.75, 3.05) is 18.4 Å². The van der Waals surface area contributed by atoms with Gasteiger partial charge in [0.15, 0.2) is 5.69 Å². The molecule has 1 amide bonds. The van der Waals surface area contributed by atoms with Crippen LogP contribution in [0.25, 0.3) is 0 Å². The van der Waals surface area contributed by atoms with Gasteiger partial charge >= 0.3 is 0 Å². The third-order valence-corrected chi connectivity index (χ3v) is 2.64. The van der Waals surface area contributed by atoms with Crippen molar-refractivity contribution in [3.8, 4) is 0 Å². The molecule has 84 valence electrons. The fourth-order valence-electron chi connectivity index (χ4n) is 1.28. The molecule has 0 aliphatic carbocycles. The summed E-state index contributed by atoms with van der Waals surface area (Å²) in [6.07, 6.45) is 0.941. The number of carbonyl (C=O) groups excluding carboxylic acids is 1. The molecule has 0 spiro atoms. The summed E-state index contributed by atoms with van der Waals surface area (Å²) in [6.45, 7) is 5.17. The fourth-order valence-corrected chi connectivity index (χ4v) is 1.53. The molecule has 15 heavy (non-hydrogen) atoms. The average molecular weight is 275 g/mol. The molecule has 5 heteroatoms. The van der Waals surface area contributed by atoms with Gasteiger partial charge in [0.1, 0.15) is 5.76 Å². The van der Waals surface area contributed by atoms with Crippen molar-refractivity contribution in [1.82, 2.24) is 10.1 Å². The smallest absolute Gasteiger partial charge is 0.276 e. The molecule has 0 saturated heterocycles. The summed E-state index contributed by atoms with van der Waals surface area (Å²) < 4.78 is 4.88. The minimum absolute atomic E-state index is 0.0599. The summed E-state index contributed by atoms with van der Waals surface area (Å²) in [5, 5.41) is 4.61. The van der Waals surface area contributed by atoms with Gasteiger partial charge in [0.05, 0.1) is 0 Å². The summed E-state index contributed by atoms with van der Waals surface area (Å²) in [4.78, 5) is 13.6. The molecule has 0 saturated carbocycles. The molecule has 0 radical (unpaired) electrons. The van der Waals surface area contributed by atoms with Crippen molar-refractivity contribution in [3.63, 3.8) is 0 Å². The Labute approximate surface area is 97.7 Å². The molecule has 0 fully saturated rings. The quantitative estimate of drug-likeness (QED) is 0.774. The SMILES string of the molecule is CCN(CCCBr)C(=O)c1cc(C)on1. The first-order chi connectivity index (χ1) is 7.19. The Morgan fingerprint density at radius 1 is 1.67 bits per heavy atom. The number of amides is 1. The second-order valence-electron chi connectivity index (χ2n) is 3.25. The Bertz CT molecular complexity index is 325. The van der Waals surface area contributed by atoms with E-state index >= 15 is 0 Å². The Morgan fingerprint density at radius 3 is 2.87 bits per heavy atom. The van der Waals surface area contributed by atoms with E-state index in [-0.39, 0.29) is 5.91 Å². The van der Waals surface area contributed by atoms with Gasteiger partial charge in [0.25, 0.3) is 5.91 Å². The van der Waals surface area contributed by atoms with E-state index in [0.717, 1.165) is 18.3 Å². The first kappa shape index (κ1) is 12.2. The van der Waals surface area contributed by atoms with Gasteiger partial charge in [-0.05, 0) is 20.3 Å². The normalized spacial score (nSPS) is 10.3. The Balaban J connectivity index is 2.64. The second kappa shape index (κ2) is 5.90. The highest BCUT2D eigenvalue weighted by Gasteiger charge is 2.17. The molecular formula is C10H15BrN2O2. The first-order valence-electron chi connectivity index (χ1n) is 4.97. The lowest BCUT2D eigenvalue weighted by molar-refractivity contribution is 0.0754. The Hall–Kier alpha value is -0.840. The van der Waals surface area contributed by atoms with Gasteiger partial charge in [-0.25, -0.2) is 0 Å². The number of nitrogens with zero attached hydrogens (tertiary/aromatic N) is 2. The zero-order valence-corrected chi connectivity index (χ0v) is 10.6. The number of carbonyl (C=O) groups is 1. The maximum absolute atomic E-state index is 11.9. The molecule has 0 unspecified atom stereocenters. The molecule has 0 atom stereocenters. The van der Waals surface area contributed by atoms with Crippen molar-refractivity contribution in [3.05, 3.63) is 17.5 Å². The maximum atomic E-state index is 11.9. The van der Waals surface area contributed by atoms with Crippen LogP contribution in [0.15, 0.2) is 10.6 Å². The van der Waals surface area contributed by atoms with E-state index in [1.165, 1.54) is 0 Å². The number of hydrogen-bond donors (Lipinski definition) is 0. The van der Waals surface area contributed by atoms with E-state index in [2.05, 4.69) is 21.1 Å². The summed E-state index contributed by atoms with van der Waals surface area (Å²) in [5.41, 5.74) is 0.393. The van der Waals surface area contributed by atoms with Crippen molar-refractivity contribution < 1.29 is 9.32 Å². The van der Waals surface area contributed by atoms with E-state index in [1.54, 1.807) is 17.9 Å². The van der Waals surface area contributed by atoms with Crippen molar-refractivity contribution in [2.24, 2.45) is 0 Å². The monoisotopic (exact) mass is 274 g/mol. The highest BCUT2D eigenvalue weighted by atomic mass is 79.9. The third-order valence-electron chi connectivity index (χ3n) is 2.08. The zero-order chi connectivity index (χ0) is 11.3. The zero-order valence-electron chi connectivity index (χ0n) is 8.99. The molecule has 0 aliphatic rings. The van der Waals surface area contributed by atoms with Gasteiger partial charge in [-0.1, -0.05) is 21.1 Å². The lowest BCUT2D eigenvalue weighted by Crippen LogP contribution is -2.32.